The van der Waals surface area contributed by atoms with Crippen LogP contribution in [0.1, 0.15) is 42.2 Å². The summed E-state index contributed by atoms with van der Waals surface area (Å²) in [4.78, 5) is 21.5. The summed E-state index contributed by atoms with van der Waals surface area (Å²) in [6.07, 6.45) is -1.40. The number of carbonyl (C=O) groups excluding carboxylic acids is 1. The van der Waals surface area contributed by atoms with E-state index in [-0.39, 0.29) is 25.2 Å². The third-order valence-corrected chi connectivity index (χ3v) is 8.09. The van der Waals surface area contributed by atoms with Crippen molar-refractivity contribution >= 4 is 5.78 Å². The summed E-state index contributed by atoms with van der Waals surface area (Å²) in [5.74, 6) is -1.87. The zero-order valence-electron chi connectivity index (χ0n) is 23.8. The summed E-state index contributed by atoms with van der Waals surface area (Å²) < 4.78 is 61.8. The van der Waals surface area contributed by atoms with E-state index in [1.54, 1.807) is 4.68 Å². The number of halogens is 4. The van der Waals surface area contributed by atoms with Crippen LogP contribution in [-0.2, 0) is 16.1 Å². The van der Waals surface area contributed by atoms with E-state index in [0.29, 0.717) is 29.7 Å². The largest absolute Gasteiger partial charge is 0.476 e. The van der Waals surface area contributed by atoms with Crippen LogP contribution >= 0.6 is 0 Å². The van der Waals surface area contributed by atoms with Gasteiger partial charge in [-0.15, -0.1) is 5.10 Å². The molecule has 2 atom stereocenters. The van der Waals surface area contributed by atoms with E-state index >= 15 is 0 Å². The van der Waals surface area contributed by atoms with E-state index in [4.69, 9.17) is 14.7 Å². The highest BCUT2D eigenvalue weighted by atomic mass is 19.3. The standard InChI is InChI=1S/C31H36F4N4O3/c1-20-28(39(24-6-4-3-5-7-24)36-31(20)41-19-21-10-12-37(2)13-11-21)16-25(40)14-23-17-38(18-29(34)35)42-30(23)22-8-9-26(32)27(33)15-22/h3-9,15,21,23,29-30H,10-14,16-19H2,1-2H3/t23-,30+/m1/s1. The van der Waals surface area contributed by atoms with Gasteiger partial charge in [-0.2, -0.15) is 5.06 Å². The maximum absolute atomic E-state index is 14.0. The van der Waals surface area contributed by atoms with Crippen LogP contribution in [0, 0.1) is 30.4 Å². The minimum Gasteiger partial charge on any atom is -0.476 e. The van der Waals surface area contributed by atoms with Gasteiger partial charge < -0.3 is 9.64 Å². The molecule has 1 aromatic heterocycles. The fourth-order valence-electron chi connectivity index (χ4n) is 5.73. The molecule has 0 spiro atoms. The summed E-state index contributed by atoms with van der Waals surface area (Å²) in [5, 5.41) is 5.83. The SMILES string of the molecule is Cc1c(OCC2CCN(C)CC2)nn(-c2ccccc2)c1CC(=O)C[C@@H]1CN(CC(F)F)O[C@H]1c1ccc(F)c(F)c1. The third kappa shape index (κ3) is 7.19. The number of Topliss-reactive ketones (excluding diaryl/α,β-unsaturated/α-hetero) is 1. The maximum atomic E-state index is 14.0. The second kappa shape index (κ2) is 13.4. The zero-order chi connectivity index (χ0) is 29.8. The first-order chi connectivity index (χ1) is 20.2. The highest BCUT2D eigenvalue weighted by Gasteiger charge is 2.38. The van der Waals surface area contributed by atoms with Crippen LogP contribution in [-0.4, -0.2) is 71.8 Å². The number of aromatic nitrogens is 2. The molecule has 0 radical (unpaired) electrons. The Morgan fingerprint density at radius 2 is 1.83 bits per heavy atom. The van der Waals surface area contributed by atoms with Gasteiger partial charge in [0.25, 0.3) is 6.43 Å². The predicted octanol–water partition coefficient (Wildman–Crippen LogP) is 5.55. The van der Waals surface area contributed by atoms with Gasteiger partial charge in [-0.3, -0.25) is 9.63 Å². The van der Waals surface area contributed by atoms with E-state index in [2.05, 4.69) is 11.9 Å². The van der Waals surface area contributed by atoms with E-state index in [1.807, 2.05) is 37.3 Å². The molecule has 7 nitrogen and oxygen atoms in total. The van der Waals surface area contributed by atoms with Crippen LogP contribution in [0.15, 0.2) is 48.5 Å². The van der Waals surface area contributed by atoms with Gasteiger partial charge in [0.2, 0.25) is 5.88 Å². The summed E-state index contributed by atoms with van der Waals surface area (Å²) >= 11 is 0. The fraction of sp³-hybridized carbons (Fsp3) is 0.484. The molecule has 226 valence electrons. The highest BCUT2D eigenvalue weighted by molar-refractivity contribution is 5.81. The van der Waals surface area contributed by atoms with E-state index in [9.17, 15) is 22.4 Å². The first-order valence-corrected chi connectivity index (χ1v) is 14.3. The molecule has 2 saturated heterocycles. The van der Waals surface area contributed by atoms with Crippen molar-refractivity contribution in [2.24, 2.45) is 11.8 Å². The summed E-state index contributed by atoms with van der Waals surface area (Å²) in [5.41, 5.74) is 2.51. The number of likely N-dealkylation sites (tertiary alicyclic amines) is 1. The molecule has 3 aromatic rings. The van der Waals surface area contributed by atoms with Gasteiger partial charge in [0.1, 0.15) is 11.9 Å². The highest BCUT2D eigenvalue weighted by Crippen LogP contribution is 2.38. The Morgan fingerprint density at radius 3 is 2.52 bits per heavy atom. The fourth-order valence-corrected chi connectivity index (χ4v) is 5.73. The lowest BCUT2D eigenvalue weighted by Crippen LogP contribution is -2.32. The second-order valence-corrected chi connectivity index (χ2v) is 11.3. The normalized spacial score (nSPS) is 20.5. The molecule has 11 heteroatoms. The van der Waals surface area contributed by atoms with Crippen molar-refractivity contribution in [1.29, 1.82) is 0 Å². The first-order valence-electron chi connectivity index (χ1n) is 14.3. The lowest BCUT2D eigenvalue weighted by molar-refractivity contribution is -0.167. The number of piperidine rings is 1. The van der Waals surface area contributed by atoms with Crippen molar-refractivity contribution in [3.8, 4) is 11.6 Å². The number of hydroxylamine groups is 2. The summed E-state index contributed by atoms with van der Waals surface area (Å²) in [6, 6.07) is 12.8. The van der Waals surface area contributed by atoms with Crippen molar-refractivity contribution in [1.82, 2.24) is 19.7 Å². The molecular weight excluding hydrogens is 552 g/mol. The average Bonchev–Trinajstić information content (AvgIpc) is 3.49. The third-order valence-electron chi connectivity index (χ3n) is 8.09. The molecule has 42 heavy (non-hydrogen) atoms. The maximum Gasteiger partial charge on any atom is 0.253 e. The topological polar surface area (TPSA) is 59.8 Å². The molecule has 2 aliphatic heterocycles. The number of nitrogens with zero attached hydrogens (tertiary/aromatic N) is 4. The van der Waals surface area contributed by atoms with Crippen LogP contribution in [0.5, 0.6) is 5.88 Å². The summed E-state index contributed by atoms with van der Waals surface area (Å²) in [6.45, 7) is 3.88. The molecule has 0 amide bonds. The Balaban J connectivity index is 1.34. The van der Waals surface area contributed by atoms with Crippen molar-refractivity contribution in [2.75, 3.05) is 39.8 Å². The van der Waals surface area contributed by atoms with Gasteiger partial charge in [0.05, 0.1) is 24.5 Å². The van der Waals surface area contributed by atoms with Crippen LogP contribution in [0.4, 0.5) is 17.6 Å². The monoisotopic (exact) mass is 588 g/mol. The van der Waals surface area contributed by atoms with Gasteiger partial charge in [-0.25, -0.2) is 22.2 Å². The number of ketones is 1. The number of hydrogen-bond acceptors (Lipinski definition) is 6. The Morgan fingerprint density at radius 1 is 1.10 bits per heavy atom. The average molecular weight is 589 g/mol. The van der Waals surface area contributed by atoms with E-state index < -0.39 is 36.6 Å². The van der Waals surface area contributed by atoms with Gasteiger partial charge in [-0.05, 0) is 75.6 Å². The first kappa shape index (κ1) is 30.2. The minimum atomic E-state index is -2.65. The van der Waals surface area contributed by atoms with Crippen LogP contribution in [0.2, 0.25) is 0 Å². The van der Waals surface area contributed by atoms with Gasteiger partial charge in [0.15, 0.2) is 11.6 Å². The minimum absolute atomic E-state index is 0.00536. The van der Waals surface area contributed by atoms with Crippen LogP contribution in [0.3, 0.4) is 0 Å². The quantitative estimate of drug-likeness (QED) is 0.274. The molecule has 2 fully saturated rings. The molecule has 0 N–H and O–H groups in total. The van der Waals surface area contributed by atoms with Gasteiger partial charge in [-0.1, -0.05) is 24.3 Å². The van der Waals surface area contributed by atoms with Crippen molar-refractivity contribution in [3.05, 3.63) is 77.0 Å². The Kier molecular flexibility index (Phi) is 9.60. The number of ether oxygens (including phenoxy) is 1. The predicted molar refractivity (Wildman–Crippen MR) is 149 cm³/mol. The zero-order valence-corrected chi connectivity index (χ0v) is 23.8. The Bertz CT molecular complexity index is 1360. The van der Waals surface area contributed by atoms with E-state index in [0.717, 1.165) is 54.4 Å². The molecule has 0 bridgehead atoms. The van der Waals surface area contributed by atoms with Crippen molar-refractivity contribution in [3.63, 3.8) is 0 Å². The van der Waals surface area contributed by atoms with Crippen molar-refractivity contribution < 1.29 is 31.9 Å². The molecule has 2 aliphatic rings. The second-order valence-electron chi connectivity index (χ2n) is 11.3. The number of rotatable bonds is 11. The lowest BCUT2D eigenvalue weighted by atomic mass is 9.90. The van der Waals surface area contributed by atoms with Gasteiger partial charge in [0, 0.05) is 30.9 Å². The van der Waals surface area contributed by atoms with E-state index in [1.165, 1.54) is 6.07 Å². The summed E-state index contributed by atoms with van der Waals surface area (Å²) in [7, 11) is 2.11. The smallest absolute Gasteiger partial charge is 0.253 e. The Labute approximate surface area is 243 Å². The number of benzene rings is 2. The van der Waals surface area contributed by atoms with Gasteiger partial charge >= 0.3 is 0 Å². The number of alkyl halides is 2. The molecule has 0 aliphatic carbocycles. The molecular formula is C31H36F4N4O3. The number of hydrogen-bond donors (Lipinski definition) is 0. The lowest BCUT2D eigenvalue weighted by Gasteiger charge is -2.28. The molecule has 0 saturated carbocycles. The van der Waals surface area contributed by atoms with Crippen LogP contribution in [0.25, 0.3) is 5.69 Å². The Hall–Kier alpha value is -3.28. The van der Waals surface area contributed by atoms with Crippen LogP contribution < -0.4 is 4.74 Å². The number of carbonyl (C=O) groups is 1. The molecule has 5 rings (SSSR count). The molecule has 3 heterocycles. The number of para-hydroxylation sites is 1. The molecule has 0 unspecified atom stereocenters. The molecule has 2 aromatic carbocycles. The van der Waals surface area contributed by atoms with Crippen molar-refractivity contribution in [2.45, 2.75) is 45.1 Å².